The summed E-state index contributed by atoms with van der Waals surface area (Å²) in [4.78, 5) is 34.4. The van der Waals surface area contributed by atoms with E-state index in [1.54, 1.807) is 6.20 Å². The number of ether oxygens (including phenoxy) is 2. The minimum atomic E-state index is -0.520. The van der Waals surface area contributed by atoms with Gasteiger partial charge in [0.2, 0.25) is 0 Å². The Morgan fingerprint density at radius 2 is 2.29 bits per heavy atom. The summed E-state index contributed by atoms with van der Waals surface area (Å²) in [6.45, 7) is 1.22. The van der Waals surface area contributed by atoms with Gasteiger partial charge in [-0.15, -0.1) is 0 Å². The lowest BCUT2D eigenvalue weighted by Gasteiger charge is -2.31. The van der Waals surface area contributed by atoms with E-state index in [0.717, 1.165) is 5.69 Å². The molecule has 2 atom stereocenters. The van der Waals surface area contributed by atoms with Crippen LogP contribution in [0.2, 0.25) is 0 Å². The van der Waals surface area contributed by atoms with Crippen molar-refractivity contribution in [3.63, 3.8) is 0 Å². The molecule has 0 spiro atoms. The Kier molecular flexibility index (Phi) is 5.29. The number of hydrogen-bond donors (Lipinski definition) is 2. The van der Waals surface area contributed by atoms with Crippen molar-refractivity contribution in [2.75, 3.05) is 13.2 Å². The third-order valence-corrected chi connectivity index (χ3v) is 3.71. The maximum Gasteiger partial charge on any atom is 0.279 e. The van der Waals surface area contributed by atoms with Gasteiger partial charge >= 0.3 is 0 Å². The number of aromatic amines is 1. The number of aromatic nitrogens is 3. The molecule has 8 heteroatoms. The van der Waals surface area contributed by atoms with Gasteiger partial charge in [0, 0.05) is 25.2 Å². The van der Waals surface area contributed by atoms with E-state index in [1.165, 1.54) is 12.4 Å². The van der Waals surface area contributed by atoms with Gasteiger partial charge in [0.05, 0.1) is 24.9 Å². The van der Waals surface area contributed by atoms with Crippen LogP contribution in [0.4, 0.5) is 0 Å². The molecule has 0 radical (unpaired) electrons. The molecule has 2 aromatic rings. The lowest BCUT2D eigenvalue weighted by molar-refractivity contribution is -0.0743. The molecule has 0 bridgehead atoms. The molecule has 0 aromatic carbocycles. The van der Waals surface area contributed by atoms with E-state index < -0.39 is 11.5 Å². The van der Waals surface area contributed by atoms with Gasteiger partial charge in [-0.05, 0) is 18.6 Å². The normalized spacial score (nSPS) is 20.5. The molecule has 24 heavy (non-hydrogen) atoms. The molecule has 3 heterocycles. The summed E-state index contributed by atoms with van der Waals surface area (Å²) >= 11 is 0. The Hall–Kier alpha value is -2.58. The molecule has 0 saturated carbocycles. The van der Waals surface area contributed by atoms with Crippen molar-refractivity contribution < 1.29 is 14.3 Å². The Labute approximate surface area is 138 Å². The average Bonchev–Trinajstić information content (AvgIpc) is 2.62. The average molecular weight is 330 g/mol. The van der Waals surface area contributed by atoms with E-state index in [2.05, 4.69) is 20.3 Å². The molecule has 8 nitrogen and oxygen atoms in total. The first kappa shape index (κ1) is 16.3. The van der Waals surface area contributed by atoms with Gasteiger partial charge in [-0.1, -0.05) is 6.07 Å². The molecule has 0 unspecified atom stereocenters. The fourth-order valence-electron chi connectivity index (χ4n) is 2.47. The topological polar surface area (TPSA) is 106 Å². The third-order valence-electron chi connectivity index (χ3n) is 3.71. The highest BCUT2D eigenvalue weighted by molar-refractivity contribution is 5.92. The van der Waals surface area contributed by atoms with E-state index in [1.807, 2.05) is 18.2 Å². The zero-order valence-corrected chi connectivity index (χ0v) is 13.0. The molecule has 1 saturated heterocycles. The SMILES string of the molecule is O=C(N[C@@H]1CCOC[C@H]1OCc1ccccn1)c1ncc[nH]c1=O. The van der Waals surface area contributed by atoms with Gasteiger partial charge in [0.1, 0.15) is 6.10 Å². The zero-order chi connectivity index (χ0) is 16.8. The summed E-state index contributed by atoms with van der Waals surface area (Å²) in [6.07, 6.45) is 4.74. The van der Waals surface area contributed by atoms with Crippen LogP contribution in [-0.2, 0) is 16.1 Å². The summed E-state index contributed by atoms with van der Waals surface area (Å²) in [5.41, 5.74) is 0.120. The minimum absolute atomic E-state index is 0.160. The van der Waals surface area contributed by atoms with Gasteiger partial charge in [-0.25, -0.2) is 4.98 Å². The molecule has 0 aliphatic carbocycles. The number of pyridine rings is 1. The molecular formula is C16H18N4O4. The first-order chi connectivity index (χ1) is 11.7. The van der Waals surface area contributed by atoms with Gasteiger partial charge < -0.3 is 19.8 Å². The number of hydrogen-bond acceptors (Lipinski definition) is 6. The van der Waals surface area contributed by atoms with Crippen LogP contribution < -0.4 is 10.9 Å². The van der Waals surface area contributed by atoms with Crippen molar-refractivity contribution in [3.8, 4) is 0 Å². The second-order valence-electron chi connectivity index (χ2n) is 5.38. The fourth-order valence-corrected chi connectivity index (χ4v) is 2.47. The van der Waals surface area contributed by atoms with E-state index in [-0.39, 0.29) is 17.8 Å². The van der Waals surface area contributed by atoms with E-state index in [4.69, 9.17) is 9.47 Å². The van der Waals surface area contributed by atoms with Crippen molar-refractivity contribution in [2.24, 2.45) is 0 Å². The summed E-state index contributed by atoms with van der Waals surface area (Å²) in [7, 11) is 0. The quantitative estimate of drug-likeness (QED) is 0.815. The highest BCUT2D eigenvalue weighted by atomic mass is 16.5. The number of rotatable bonds is 5. The standard InChI is InChI=1S/C16H18N4O4/c21-15-14(18-6-7-19-15)16(22)20-12-4-8-23-10-13(12)24-9-11-3-1-2-5-17-11/h1-3,5-7,12-13H,4,8-10H2,(H,19,21)(H,20,22)/t12-,13-/m1/s1. The van der Waals surface area contributed by atoms with Crippen molar-refractivity contribution in [1.29, 1.82) is 0 Å². The third kappa shape index (κ3) is 4.03. The fraction of sp³-hybridized carbons (Fsp3) is 0.375. The molecule has 1 aliphatic rings. The number of H-pyrrole nitrogens is 1. The minimum Gasteiger partial charge on any atom is -0.379 e. The lowest BCUT2D eigenvalue weighted by Crippen LogP contribution is -2.50. The van der Waals surface area contributed by atoms with Crippen molar-refractivity contribution >= 4 is 5.91 Å². The van der Waals surface area contributed by atoms with Crippen LogP contribution in [0, 0.1) is 0 Å². The largest absolute Gasteiger partial charge is 0.379 e. The summed E-state index contributed by atoms with van der Waals surface area (Å²) in [6, 6.07) is 5.33. The Bertz CT molecular complexity index is 734. The van der Waals surface area contributed by atoms with Crippen molar-refractivity contribution in [3.05, 3.63) is 58.5 Å². The number of carbonyl (C=O) groups is 1. The molecule has 1 fully saturated rings. The molecule has 1 aliphatic heterocycles. The number of nitrogens with zero attached hydrogens (tertiary/aromatic N) is 2. The number of amides is 1. The predicted molar refractivity (Wildman–Crippen MR) is 84.4 cm³/mol. The first-order valence-electron chi connectivity index (χ1n) is 7.68. The molecule has 2 aromatic heterocycles. The first-order valence-corrected chi connectivity index (χ1v) is 7.68. The Morgan fingerprint density at radius 1 is 1.38 bits per heavy atom. The predicted octanol–water partition coefficient (Wildman–Crippen LogP) is 0.269. The summed E-state index contributed by atoms with van der Waals surface area (Å²) in [5.74, 6) is -0.518. The lowest BCUT2D eigenvalue weighted by atomic mass is 10.1. The van der Waals surface area contributed by atoms with Crippen LogP contribution in [0.1, 0.15) is 22.6 Å². The maximum absolute atomic E-state index is 12.3. The second-order valence-corrected chi connectivity index (χ2v) is 5.38. The van der Waals surface area contributed by atoms with E-state index >= 15 is 0 Å². The van der Waals surface area contributed by atoms with Crippen LogP contribution in [0.5, 0.6) is 0 Å². The molecule has 2 N–H and O–H groups in total. The summed E-state index contributed by atoms with van der Waals surface area (Å²) in [5, 5.41) is 2.82. The van der Waals surface area contributed by atoms with E-state index in [0.29, 0.717) is 26.2 Å². The highest BCUT2D eigenvalue weighted by Crippen LogP contribution is 2.13. The number of nitrogens with one attached hydrogen (secondary N) is 2. The van der Waals surface area contributed by atoms with Crippen LogP contribution >= 0.6 is 0 Å². The molecular weight excluding hydrogens is 312 g/mol. The van der Waals surface area contributed by atoms with Gasteiger partial charge in [0.25, 0.3) is 11.5 Å². The monoisotopic (exact) mass is 330 g/mol. The van der Waals surface area contributed by atoms with Gasteiger partial charge in [-0.2, -0.15) is 0 Å². The van der Waals surface area contributed by atoms with Crippen molar-refractivity contribution in [1.82, 2.24) is 20.3 Å². The molecule has 126 valence electrons. The molecule has 1 amide bonds. The van der Waals surface area contributed by atoms with Crippen LogP contribution in [0.15, 0.2) is 41.6 Å². The molecule has 3 rings (SSSR count). The van der Waals surface area contributed by atoms with Crippen LogP contribution in [0.25, 0.3) is 0 Å². The Morgan fingerprint density at radius 3 is 3.08 bits per heavy atom. The number of carbonyl (C=O) groups excluding carboxylic acids is 1. The summed E-state index contributed by atoms with van der Waals surface area (Å²) < 4.78 is 11.3. The van der Waals surface area contributed by atoms with Crippen LogP contribution in [0.3, 0.4) is 0 Å². The van der Waals surface area contributed by atoms with Crippen LogP contribution in [-0.4, -0.2) is 46.2 Å². The zero-order valence-electron chi connectivity index (χ0n) is 13.0. The van der Waals surface area contributed by atoms with Crippen molar-refractivity contribution in [2.45, 2.75) is 25.2 Å². The van der Waals surface area contributed by atoms with E-state index in [9.17, 15) is 9.59 Å². The van der Waals surface area contributed by atoms with Gasteiger partial charge in [-0.3, -0.25) is 14.6 Å². The Balaban J connectivity index is 1.63. The second kappa shape index (κ2) is 7.80. The van der Waals surface area contributed by atoms with Gasteiger partial charge in [0.15, 0.2) is 5.69 Å². The highest BCUT2D eigenvalue weighted by Gasteiger charge is 2.29. The smallest absolute Gasteiger partial charge is 0.279 e. The maximum atomic E-state index is 12.3.